The molecular formula is C16H16ClFN2O2. The zero-order valence-corrected chi connectivity index (χ0v) is 12.6. The lowest BCUT2D eigenvalue weighted by atomic mass is 10.2. The highest BCUT2D eigenvalue weighted by molar-refractivity contribution is 6.33. The van der Waals surface area contributed by atoms with Gasteiger partial charge in [-0.1, -0.05) is 48.0 Å². The van der Waals surface area contributed by atoms with Crippen LogP contribution in [-0.4, -0.2) is 29.2 Å². The van der Waals surface area contributed by atoms with Crippen LogP contribution in [0.15, 0.2) is 48.5 Å². The molecule has 0 saturated heterocycles. The largest absolute Gasteiger partial charge is 0.395 e. The predicted molar refractivity (Wildman–Crippen MR) is 84.4 cm³/mol. The minimum atomic E-state index is -0.607. The molecule has 4 nitrogen and oxygen atoms in total. The summed E-state index contributed by atoms with van der Waals surface area (Å²) >= 11 is 5.89. The van der Waals surface area contributed by atoms with Crippen molar-refractivity contribution in [3.63, 3.8) is 0 Å². The molecule has 0 radical (unpaired) electrons. The third-order valence-electron chi connectivity index (χ3n) is 3.07. The number of urea groups is 1. The number of hydrogen-bond acceptors (Lipinski definition) is 2. The second kappa shape index (κ2) is 7.77. The Balaban J connectivity index is 2.13. The fourth-order valence-electron chi connectivity index (χ4n) is 1.98. The van der Waals surface area contributed by atoms with E-state index in [0.29, 0.717) is 6.54 Å². The van der Waals surface area contributed by atoms with Crippen LogP contribution in [0.5, 0.6) is 0 Å². The highest BCUT2D eigenvalue weighted by Crippen LogP contribution is 2.25. The molecule has 116 valence electrons. The Bertz CT molecular complexity index is 617. The normalized spacial score (nSPS) is 10.3. The number of carbonyl (C=O) groups excluding carboxylic acids is 1. The fraction of sp³-hybridized carbons (Fsp3) is 0.188. The Labute approximate surface area is 133 Å². The monoisotopic (exact) mass is 322 g/mol. The number of halogens is 2. The SMILES string of the molecule is O=C(Nc1c(F)cccc1Cl)N(CCO)Cc1ccccc1. The van der Waals surface area contributed by atoms with Crippen molar-refractivity contribution in [2.24, 2.45) is 0 Å². The molecule has 2 N–H and O–H groups in total. The molecule has 0 heterocycles. The first kappa shape index (κ1) is 16.3. The molecule has 0 atom stereocenters. The predicted octanol–water partition coefficient (Wildman–Crippen LogP) is 3.51. The number of aliphatic hydroxyl groups is 1. The van der Waals surface area contributed by atoms with E-state index in [-0.39, 0.29) is 23.9 Å². The number of hydrogen-bond donors (Lipinski definition) is 2. The maximum atomic E-state index is 13.7. The minimum Gasteiger partial charge on any atom is -0.395 e. The highest BCUT2D eigenvalue weighted by atomic mass is 35.5. The number of para-hydroxylation sites is 1. The van der Waals surface area contributed by atoms with Crippen molar-refractivity contribution in [1.82, 2.24) is 4.90 Å². The van der Waals surface area contributed by atoms with Crippen LogP contribution in [-0.2, 0) is 6.54 Å². The van der Waals surface area contributed by atoms with Gasteiger partial charge in [0.15, 0.2) is 0 Å². The number of amides is 2. The average molecular weight is 323 g/mol. The summed E-state index contributed by atoms with van der Waals surface area (Å²) in [5.74, 6) is -0.607. The number of anilines is 1. The lowest BCUT2D eigenvalue weighted by Gasteiger charge is -2.22. The molecule has 2 amide bonds. The van der Waals surface area contributed by atoms with E-state index in [1.165, 1.54) is 23.1 Å². The number of nitrogens with zero attached hydrogens (tertiary/aromatic N) is 1. The third-order valence-corrected chi connectivity index (χ3v) is 3.38. The van der Waals surface area contributed by atoms with E-state index in [9.17, 15) is 9.18 Å². The van der Waals surface area contributed by atoms with Gasteiger partial charge in [0.2, 0.25) is 0 Å². The zero-order chi connectivity index (χ0) is 15.9. The summed E-state index contributed by atoms with van der Waals surface area (Å²) in [6.07, 6.45) is 0. The van der Waals surface area contributed by atoms with Crippen LogP contribution in [0.1, 0.15) is 5.56 Å². The van der Waals surface area contributed by atoms with Gasteiger partial charge in [0.25, 0.3) is 0 Å². The van der Waals surface area contributed by atoms with Gasteiger partial charge < -0.3 is 15.3 Å². The molecule has 0 aliphatic rings. The summed E-state index contributed by atoms with van der Waals surface area (Å²) in [5, 5.41) is 11.7. The van der Waals surface area contributed by atoms with E-state index >= 15 is 0 Å². The molecule has 0 spiro atoms. The summed E-state index contributed by atoms with van der Waals surface area (Å²) in [7, 11) is 0. The second-order valence-electron chi connectivity index (χ2n) is 4.66. The molecule has 6 heteroatoms. The third kappa shape index (κ3) is 4.19. The van der Waals surface area contributed by atoms with Crippen LogP contribution in [0.25, 0.3) is 0 Å². The van der Waals surface area contributed by atoms with Crippen molar-refractivity contribution in [3.8, 4) is 0 Å². The van der Waals surface area contributed by atoms with Gasteiger partial charge in [0, 0.05) is 13.1 Å². The molecule has 0 aliphatic heterocycles. The van der Waals surface area contributed by atoms with Crippen LogP contribution >= 0.6 is 11.6 Å². The first-order valence-electron chi connectivity index (χ1n) is 6.76. The zero-order valence-electron chi connectivity index (χ0n) is 11.8. The summed E-state index contributed by atoms with van der Waals surface area (Å²) in [4.78, 5) is 13.7. The fourth-order valence-corrected chi connectivity index (χ4v) is 2.19. The van der Waals surface area contributed by atoms with Crippen molar-refractivity contribution >= 4 is 23.3 Å². The molecule has 22 heavy (non-hydrogen) atoms. The Kier molecular flexibility index (Phi) is 5.75. The Morgan fingerprint density at radius 2 is 1.91 bits per heavy atom. The Hall–Kier alpha value is -2.11. The van der Waals surface area contributed by atoms with Crippen LogP contribution in [0.4, 0.5) is 14.9 Å². The standard InChI is InChI=1S/C16H16ClFN2O2/c17-13-7-4-8-14(18)15(13)19-16(22)20(9-10-21)11-12-5-2-1-3-6-12/h1-8,21H,9-11H2,(H,19,22). The number of rotatable bonds is 5. The van der Waals surface area contributed by atoms with E-state index in [1.807, 2.05) is 30.3 Å². The van der Waals surface area contributed by atoms with E-state index in [4.69, 9.17) is 16.7 Å². The summed E-state index contributed by atoms with van der Waals surface area (Å²) in [6, 6.07) is 13.0. The van der Waals surface area contributed by atoms with E-state index in [0.717, 1.165) is 5.56 Å². The molecule has 0 bridgehead atoms. The quantitative estimate of drug-likeness (QED) is 0.885. The Morgan fingerprint density at radius 3 is 2.55 bits per heavy atom. The molecule has 2 rings (SSSR count). The maximum absolute atomic E-state index is 13.7. The second-order valence-corrected chi connectivity index (χ2v) is 5.06. The molecule has 0 aliphatic carbocycles. The van der Waals surface area contributed by atoms with Crippen molar-refractivity contribution in [3.05, 3.63) is 64.9 Å². The molecule has 2 aromatic rings. The average Bonchev–Trinajstić information content (AvgIpc) is 2.51. The van der Waals surface area contributed by atoms with Crippen LogP contribution < -0.4 is 5.32 Å². The number of aliphatic hydroxyl groups excluding tert-OH is 1. The van der Waals surface area contributed by atoms with E-state index in [2.05, 4.69) is 5.32 Å². The van der Waals surface area contributed by atoms with Crippen molar-refractivity contribution in [2.75, 3.05) is 18.5 Å². The van der Waals surface area contributed by atoms with Gasteiger partial charge in [-0.15, -0.1) is 0 Å². The number of benzene rings is 2. The van der Waals surface area contributed by atoms with Crippen LogP contribution in [0, 0.1) is 5.82 Å². The summed E-state index contributed by atoms with van der Waals surface area (Å²) in [5.41, 5.74) is 0.843. The Morgan fingerprint density at radius 1 is 1.18 bits per heavy atom. The van der Waals surface area contributed by atoms with Gasteiger partial charge in [0.05, 0.1) is 17.3 Å². The van der Waals surface area contributed by atoms with Crippen molar-refractivity contribution < 1.29 is 14.3 Å². The lowest BCUT2D eigenvalue weighted by Crippen LogP contribution is -2.36. The van der Waals surface area contributed by atoms with Gasteiger partial charge in [-0.25, -0.2) is 9.18 Å². The minimum absolute atomic E-state index is 0.0647. The lowest BCUT2D eigenvalue weighted by molar-refractivity contribution is 0.185. The number of carbonyl (C=O) groups is 1. The van der Waals surface area contributed by atoms with E-state index < -0.39 is 11.8 Å². The van der Waals surface area contributed by atoms with Gasteiger partial charge in [-0.2, -0.15) is 0 Å². The highest BCUT2D eigenvalue weighted by Gasteiger charge is 2.17. The maximum Gasteiger partial charge on any atom is 0.322 e. The van der Waals surface area contributed by atoms with Crippen LogP contribution in [0.2, 0.25) is 5.02 Å². The summed E-state index contributed by atoms with van der Waals surface area (Å²) < 4.78 is 13.7. The molecule has 0 saturated carbocycles. The van der Waals surface area contributed by atoms with Crippen molar-refractivity contribution in [1.29, 1.82) is 0 Å². The molecule has 2 aromatic carbocycles. The van der Waals surface area contributed by atoms with Gasteiger partial charge in [-0.3, -0.25) is 0 Å². The van der Waals surface area contributed by atoms with Crippen LogP contribution in [0.3, 0.4) is 0 Å². The first-order chi connectivity index (χ1) is 10.6. The van der Waals surface area contributed by atoms with Gasteiger partial charge in [0.1, 0.15) is 5.82 Å². The molecule has 0 fully saturated rings. The summed E-state index contributed by atoms with van der Waals surface area (Å²) in [6.45, 7) is 0.247. The van der Waals surface area contributed by atoms with E-state index in [1.54, 1.807) is 0 Å². The smallest absolute Gasteiger partial charge is 0.322 e. The number of nitrogens with one attached hydrogen (secondary N) is 1. The molecule has 0 unspecified atom stereocenters. The van der Waals surface area contributed by atoms with Gasteiger partial charge >= 0.3 is 6.03 Å². The van der Waals surface area contributed by atoms with Gasteiger partial charge in [-0.05, 0) is 17.7 Å². The first-order valence-corrected chi connectivity index (χ1v) is 7.14. The molecular weight excluding hydrogens is 307 g/mol. The topological polar surface area (TPSA) is 52.6 Å². The van der Waals surface area contributed by atoms with Crippen molar-refractivity contribution in [2.45, 2.75) is 6.54 Å². The molecule has 0 aromatic heterocycles.